The van der Waals surface area contributed by atoms with Crippen LogP contribution in [-0.4, -0.2) is 34.1 Å². The summed E-state index contributed by atoms with van der Waals surface area (Å²) < 4.78 is 6.50. The van der Waals surface area contributed by atoms with Gasteiger partial charge >= 0.3 is 5.97 Å². The zero-order chi connectivity index (χ0) is 10.3. The summed E-state index contributed by atoms with van der Waals surface area (Å²) in [6.45, 7) is 3.25. The second-order valence-corrected chi connectivity index (χ2v) is 3.90. The van der Waals surface area contributed by atoms with E-state index in [2.05, 4.69) is 5.10 Å². The van der Waals surface area contributed by atoms with E-state index in [1.54, 1.807) is 13.1 Å². The number of carbonyl (C=O) groups is 1. The molecule has 5 nitrogen and oxygen atoms in total. The SMILES string of the molecule is Cn1nc(C2(C)COC2)cc1C(=O)O. The van der Waals surface area contributed by atoms with E-state index in [0.29, 0.717) is 13.2 Å². The second kappa shape index (κ2) is 2.81. The van der Waals surface area contributed by atoms with E-state index in [9.17, 15) is 4.79 Å². The minimum absolute atomic E-state index is 0.106. The molecule has 0 aromatic carbocycles. The summed E-state index contributed by atoms with van der Waals surface area (Å²) in [6.07, 6.45) is 0. The largest absolute Gasteiger partial charge is 0.477 e. The number of aromatic nitrogens is 2. The Bertz CT molecular complexity index is 379. The number of aryl methyl sites for hydroxylation is 1. The van der Waals surface area contributed by atoms with Gasteiger partial charge in [0.1, 0.15) is 5.69 Å². The van der Waals surface area contributed by atoms with Crippen LogP contribution in [-0.2, 0) is 17.2 Å². The Morgan fingerprint density at radius 1 is 1.71 bits per heavy atom. The van der Waals surface area contributed by atoms with Gasteiger partial charge in [-0.25, -0.2) is 4.79 Å². The van der Waals surface area contributed by atoms with Crippen molar-refractivity contribution in [2.75, 3.05) is 13.2 Å². The highest BCUT2D eigenvalue weighted by atomic mass is 16.5. The summed E-state index contributed by atoms with van der Waals surface area (Å²) in [5.41, 5.74) is 0.905. The van der Waals surface area contributed by atoms with Gasteiger partial charge in [0, 0.05) is 7.05 Å². The average molecular weight is 196 g/mol. The second-order valence-electron chi connectivity index (χ2n) is 3.90. The Balaban J connectivity index is 2.37. The molecule has 0 unspecified atom stereocenters. The van der Waals surface area contributed by atoms with E-state index >= 15 is 0 Å². The molecule has 0 aliphatic carbocycles. The number of hydrogen-bond acceptors (Lipinski definition) is 3. The highest BCUT2D eigenvalue weighted by molar-refractivity contribution is 5.85. The van der Waals surface area contributed by atoms with Crippen LogP contribution >= 0.6 is 0 Å². The van der Waals surface area contributed by atoms with Crippen molar-refractivity contribution in [3.63, 3.8) is 0 Å². The first-order chi connectivity index (χ1) is 6.53. The summed E-state index contributed by atoms with van der Waals surface area (Å²) in [4.78, 5) is 10.8. The van der Waals surface area contributed by atoms with Crippen molar-refractivity contribution >= 4 is 5.97 Å². The van der Waals surface area contributed by atoms with E-state index in [-0.39, 0.29) is 11.1 Å². The van der Waals surface area contributed by atoms with Gasteiger partial charge < -0.3 is 9.84 Å². The van der Waals surface area contributed by atoms with Crippen LogP contribution < -0.4 is 0 Å². The normalized spacial score (nSPS) is 19.0. The Kier molecular flexibility index (Phi) is 1.85. The van der Waals surface area contributed by atoms with Crippen molar-refractivity contribution in [3.8, 4) is 0 Å². The maximum Gasteiger partial charge on any atom is 0.354 e. The number of nitrogens with zero attached hydrogens (tertiary/aromatic N) is 2. The quantitative estimate of drug-likeness (QED) is 0.743. The van der Waals surface area contributed by atoms with Crippen molar-refractivity contribution in [2.24, 2.45) is 7.05 Å². The zero-order valence-corrected chi connectivity index (χ0v) is 8.15. The van der Waals surface area contributed by atoms with Crippen LogP contribution in [0.25, 0.3) is 0 Å². The molecule has 5 heteroatoms. The molecule has 2 rings (SSSR count). The maximum absolute atomic E-state index is 10.8. The lowest BCUT2D eigenvalue weighted by molar-refractivity contribution is -0.0522. The third-order valence-electron chi connectivity index (χ3n) is 2.56. The monoisotopic (exact) mass is 196 g/mol. The molecular weight excluding hydrogens is 184 g/mol. The molecular formula is C9H12N2O3. The summed E-state index contributed by atoms with van der Waals surface area (Å²) in [5, 5.41) is 13.0. The topological polar surface area (TPSA) is 64.4 Å². The molecule has 1 aromatic rings. The van der Waals surface area contributed by atoms with Crippen molar-refractivity contribution in [1.82, 2.24) is 9.78 Å². The fraction of sp³-hybridized carbons (Fsp3) is 0.556. The van der Waals surface area contributed by atoms with Gasteiger partial charge in [-0.1, -0.05) is 0 Å². The third kappa shape index (κ3) is 1.21. The molecule has 1 fully saturated rings. The maximum atomic E-state index is 10.8. The van der Waals surface area contributed by atoms with Crippen LogP contribution in [0.5, 0.6) is 0 Å². The molecule has 76 valence electrons. The number of rotatable bonds is 2. The molecule has 0 amide bonds. The number of carboxylic acid groups (broad SMARTS) is 1. The molecule has 1 saturated heterocycles. The van der Waals surface area contributed by atoms with Gasteiger partial charge in [-0.15, -0.1) is 0 Å². The lowest BCUT2D eigenvalue weighted by Crippen LogP contribution is -2.44. The van der Waals surface area contributed by atoms with E-state index < -0.39 is 5.97 Å². The fourth-order valence-electron chi connectivity index (χ4n) is 1.52. The Morgan fingerprint density at radius 3 is 2.71 bits per heavy atom. The van der Waals surface area contributed by atoms with Crippen LogP contribution in [0.4, 0.5) is 0 Å². The van der Waals surface area contributed by atoms with E-state index in [1.807, 2.05) is 6.92 Å². The van der Waals surface area contributed by atoms with Gasteiger partial charge in [0.25, 0.3) is 0 Å². The van der Waals surface area contributed by atoms with Crippen LogP contribution in [0.1, 0.15) is 23.1 Å². The van der Waals surface area contributed by atoms with Crippen molar-refractivity contribution in [3.05, 3.63) is 17.5 Å². The smallest absolute Gasteiger partial charge is 0.354 e. The molecule has 0 bridgehead atoms. The molecule has 0 saturated carbocycles. The number of aromatic carboxylic acids is 1. The van der Waals surface area contributed by atoms with Crippen LogP contribution in [0.2, 0.25) is 0 Å². The molecule has 0 radical (unpaired) electrons. The van der Waals surface area contributed by atoms with E-state index in [1.165, 1.54) is 4.68 Å². The van der Waals surface area contributed by atoms with Gasteiger partial charge in [-0.2, -0.15) is 5.10 Å². The molecule has 1 aliphatic heterocycles. The van der Waals surface area contributed by atoms with E-state index in [0.717, 1.165) is 5.69 Å². The first-order valence-electron chi connectivity index (χ1n) is 4.38. The van der Waals surface area contributed by atoms with Crippen molar-refractivity contribution in [2.45, 2.75) is 12.3 Å². The van der Waals surface area contributed by atoms with Gasteiger partial charge in [0.05, 0.1) is 24.3 Å². The van der Waals surface area contributed by atoms with Gasteiger partial charge in [0.15, 0.2) is 0 Å². The standard InChI is InChI=1S/C9H12N2O3/c1-9(4-14-5-9)7-3-6(8(12)13)11(2)10-7/h3H,4-5H2,1-2H3,(H,12,13). The number of ether oxygens (including phenoxy) is 1. The van der Waals surface area contributed by atoms with Crippen molar-refractivity contribution < 1.29 is 14.6 Å². The molecule has 14 heavy (non-hydrogen) atoms. The highest BCUT2D eigenvalue weighted by Gasteiger charge is 2.38. The predicted octanol–water partition coefficient (Wildman–Crippen LogP) is 0.406. The third-order valence-corrected chi connectivity index (χ3v) is 2.56. The molecule has 0 atom stereocenters. The molecule has 1 aromatic heterocycles. The van der Waals surface area contributed by atoms with Gasteiger partial charge in [-0.3, -0.25) is 4.68 Å². The highest BCUT2D eigenvalue weighted by Crippen LogP contribution is 2.30. The predicted molar refractivity (Wildman–Crippen MR) is 48.3 cm³/mol. The summed E-state index contributed by atoms with van der Waals surface area (Å²) in [7, 11) is 1.63. The summed E-state index contributed by atoms with van der Waals surface area (Å²) in [6, 6.07) is 1.62. The van der Waals surface area contributed by atoms with Gasteiger partial charge in [0.2, 0.25) is 0 Å². The minimum Gasteiger partial charge on any atom is -0.477 e. The van der Waals surface area contributed by atoms with E-state index in [4.69, 9.17) is 9.84 Å². The Hall–Kier alpha value is -1.36. The first kappa shape index (κ1) is 9.21. The Morgan fingerprint density at radius 2 is 2.36 bits per heavy atom. The van der Waals surface area contributed by atoms with Crippen LogP contribution in [0, 0.1) is 0 Å². The van der Waals surface area contributed by atoms with Crippen LogP contribution in [0.15, 0.2) is 6.07 Å². The zero-order valence-electron chi connectivity index (χ0n) is 8.15. The number of carboxylic acids is 1. The summed E-state index contributed by atoms with van der Waals surface area (Å²) in [5.74, 6) is -0.949. The lowest BCUT2D eigenvalue weighted by Gasteiger charge is -2.36. The summed E-state index contributed by atoms with van der Waals surface area (Å²) >= 11 is 0. The molecule has 2 heterocycles. The number of hydrogen-bond donors (Lipinski definition) is 1. The molecule has 1 N–H and O–H groups in total. The van der Waals surface area contributed by atoms with Crippen LogP contribution in [0.3, 0.4) is 0 Å². The Labute approximate surface area is 81.3 Å². The minimum atomic E-state index is -0.949. The first-order valence-corrected chi connectivity index (χ1v) is 4.38. The fourth-order valence-corrected chi connectivity index (χ4v) is 1.52. The van der Waals surface area contributed by atoms with Crippen molar-refractivity contribution in [1.29, 1.82) is 0 Å². The van der Waals surface area contributed by atoms with Gasteiger partial charge in [-0.05, 0) is 13.0 Å². The molecule has 1 aliphatic rings. The average Bonchev–Trinajstić information content (AvgIpc) is 2.43. The lowest BCUT2D eigenvalue weighted by atomic mass is 9.85. The molecule has 0 spiro atoms.